The second kappa shape index (κ2) is 6.89. The highest BCUT2D eigenvalue weighted by molar-refractivity contribution is 6.35. The largest absolute Gasteiger partial charge is 0.348 e. The number of nitrogens with zero attached hydrogens (tertiary/aromatic N) is 1. The molecule has 1 saturated carbocycles. The van der Waals surface area contributed by atoms with E-state index in [0.29, 0.717) is 25.6 Å². The molecule has 5 nitrogen and oxygen atoms in total. The van der Waals surface area contributed by atoms with Crippen molar-refractivity contribution < 1.29 is 9.59 Å². The zero-order valence-corrected chi connectivity index (χ0v) is 11.8. The van der Waals surface area contributed by atoms with E-state index in [9.17, 15) is 9.59 Å². The molecule has 2 amide bonds. The Hall–Kier alpha value is -1.10. The summed E-state index contributed by atoms with van der Waals surface area (Å²) < 4.78 is 0. The second-order valence-corrected chi connectivity index (χ2v) is 5.89. The monoisotopic (exact) mass is 267 g/mol. The molecule has 1 saturated heterocycles. The molecule has 2 unspecified atom stereocenters. The molecule has 108 valence electrons. The highest BCUT2D eigenvalue weighted by Crippen LogP contribution is 2.27. The lowest BCUT2D eigenvalue weighted by atomic mass is 9.82. The first kappa shape index (κ1) is 14.3. The van der Waals surface area contributed by atoms with E-state index in [2.05, 4.69) is 17.6 Å². The Morgan fingerprint density at radius 1 is 1.26 bits per heavy atom. The maximum absolute atomic E-state index is 11.9. The van der Waals surface area contributed by atoms with Gasteiger partial charge in [0.15, 0.2) is 0 Å². The molecular weight excluding hydrogens is 242 g/mol. The molecule has 0 bridgehead atoms. The van der Waals surface area contributed by atoms with Crippen LogP contribution in [0.2, 0.25) is 0 Å². The second-order valence-electron chi connectivity index (χ2n) is 5.89. The number of carbonyl (C=O) groups is 2. The Bertz CT molecular complexity index is 327. The molecule has 0 aromatic heterocycles. The molecule has 2 atom stereocenters. The van der Waals surface area contributed by atoms with Gasteiger partial charge in [0.05, 0.1) is 0 Å². The van der Waals surface area contributed by atoms with E-state index in [1.54, 1.807) is 4.90 Å². The standard InChI is InChI=1S/C14H25N3O2/c1-11-3-2-4-12(9-11)10-16-13(18)14(19)17-7-5-15-6-8-17/h11-12,15H,2-10H2,1H3,(H,16,18). The first-order valence-electron chi connectivity index (χ1n) is 7.44. The fourth-order valence-electron chi connectivity index (χ4n) is 3.07. The van der Waals surface area contributed by atoms with Crippen LogP contribution in [0.25, 0.3) is 0 Å². The lowest BCUT2D eigenvalue weighted by Crippen LogP contribution is -2.51. The summed E-state index contributed by atoms with van der Waals surface area (Å²) in [5.41, 5.74) is 0. The number of hydrogen-bond acceptors (Lipinski definition) is 3. The molecule has 2 fully saturated rings. The molecule has 19 heavy (non-hydrogen) atoms. The number of amides is 2. The third-order valence-corrected chi connectivity index (χ3v) is 4.19. The number of hydrogen-bond donors (Lipinski definition) is 2. The van der Waals surface area contributed by atoms with Crippen LogP contribution in [-0.4, -0.2) is 49.4 Å². The predicted molar refractivity (Wildman–Crippen MR) is 73.6 cm³/mol. The summed E-state index contributed by atoms with van der Waals surface area (Å²) in [5, 5.41) is 5.99. The minimum Gasteiger partial charge on any atom is -0.348 e. The molecule has 0 radical (unpaired) electrons. The third kappa shape index (κ3) is 4.20. The summed E-state index contributed by atoms with van der Waals surface area (Å²) in [5.74, 6) is 0.494. The smallest absolute Gasteiger partial charge is 0.311 e. The van der Waals surface area contributed by atoms with E-state index >= 15 is 0 Å². The molecule has 2 rings (SSSR count). The van der Waals surface area contributed by atoms with Crippen LogP contribution in [0.1, 0.15) is 32.6 Å². The Kier molecular flexibility index (Phi) is 5.19. The molecule has 5 heteroatoms. The van der Waals surface area contributed by atoms with Gasteiger partial charge in [-0.3, -0.25) is 9.59 Å². The van der Waals surface area contributed by atoms with E-state index in [4.69, 9.17) is 0 Å². The molecule has 0 spiro atoms. The maximum Gasteiger partial charge on any atom is 0.311 e. The van der Waals surface area contributed by atoms with Crippen molar-refractivity contribution in [2.75, 3.05) is 32.7 Å². The summed E-state index contributed by atoms with van der Waals surface area (Å²) in [4.78, 5) is 25.4. The quantitative estimate of drug-likeness (QED) is 0.710. The van der Waals surface area contributed by atoms with Crippen molar-refractivity contribution in [3.63, 3.8) is 0 Å². The van der Waals surface area contributed by atoms with Crippen LogP contribution < -0.4 is 10.6 Å². The average Bonchev–Trinajstić information content (AvgIpc) is 2.45. The Balaban J connectivity index is 1.72. The molecule has 0 aromatic carbocycles. The lowest BCUT2D eigenvalue weighted by Gasteiger charge is -2.28. The molecule has 1 aliphatic heterocycles. The summed E-state index contributed by atoms with van der Waals surface area (Å²) in [6.45, 7) is 5.73. The van der Waals surface area contributed by atoms with Crippen LogP contribution >= 0.6 is 0 Å². The maximum atomic E-state index is 11.9. The van der Waals surface area contributed by atoms with Gasteiger partial charge in [-0.2, -0.15) is 0 Å². The van der Waals surface area contributed by atoms with Crippen molar-refractivity contribution in [1.29, 1.82) is 0 Å². The van der Waals surface area contributed by atoms with Crippen molar-refractivity contribution >= 4 is 11.8 Å². The van der Waals surface area contributed by atoms with Gasteiger partial charge < -0.3 is 15.5 Å². The SMILES string of the molecule is CC1CCCC(CNC(=O)C(=O)N2CCNCC2)C1. The van der Waals surface area contributed by atoms with Crippen molar-refractivity contribution in [3.05, 3.63) is 0 Å². The Labute approximate surface area is 115 Å². The van der Waals surface area contributed by atoms with E-state index in [-0.39, 0.29) is 5.91 Å². The topological polar surface area (TPSA) is 61.4 Å². The van der Waals surface area contributed by atoms with E-state index in [1.165, 1.54) is 25.7 Å². The number of rotatable bonds is 2. The fourth-order valence-corrected chi connectivity index (χ4v) is 3.07. The van der Waals surface area contributed by atoms with Gasteiger partial charge in [-0.25, -0.2) is 0 Å². The molecular formula is C14H25N3O2. The van der Waals surface area contributed by atoms with Crippen LogP contribution in [-0.2, 0) is 9.59 Å². The third-order valence-electron chi connectivity index (χ3n) is 4.19. The summed E-state index contributed by atoms with van der Waals surface area (Å²) in [7, 11) is 0. The molecule has 1 heterocycles. The van der Waals surface area contributed by atoms with Crippen LogP contribution in [0.5, 0.6) is 0 Å². The van der Waals surface area contributed by atoms with Gasteiger partial charge in [-0.15, -0.1) is 0 Å². The first-order chi connectivity index (χ1) is 9.16. The van der Waals surface area contributed by atoms with Gasteiger partial charge >= 0.3 is 11.8 Å². The lowest BCUT2D eigenvalue weighted by molar-refractivity contribution is -0.146. The van der Waals surface area contributed by atoms with Crippen LogP contribution in [0.3, 0.4) is 0 Å². The zero-order valence-electron chi connectivity index (χ0n) is 11.8. The number of piperazine rings is 1. The Morgan fingerprint density at radius 3 is 2.68 bits per heavy atom. The fraction of sp³-hybridized carbons (Fsp3) is 0.857. The predicted octanol–water partition coefficient (Wildman–Crippen LogP) is 0.361. The number of carbonyl (C=O) groups excluding carboxylic acids is 2. The zero-order chi connectivity index (χ0) is 13.7. The average molecular weight is 267 g/mol. The summed E-state index contributed by atoms with van der Waals surface area (Å²) in [6, 6.07) is 0. The highest BCUT2D eigenvalue weighted by atomic mass is 16.2. The summed E-state index contributed by atoms with van der Waals surface area (Å²) in [6.07, 6.45) is 4.88. The van der Waals surface area contributed by atoms with Crippen molar-refractivity contribution in [1.82, 2.24) is 15.5 Å². The minimum atomic E-state index is -0.430. The Morgan fingerprint density at radius 2 is 2.00 bits per heavy atom. The van der Waals surface area contributed by atoms with Gasteiger partial charge in [0.1, 0.15) is 0 Å². The highest BCUT2D eigenvalue weighted by Gasteiger charge is 2.25. The van der Waals surface area contributed by atoms with Crippen molar-refractivity contribution in [3.8, 4) is 0 Å². The van der Waals surface area contributed by atoms with Crippen LogP contribution in [0.15, 0.2) is 0 Å². The van der Waals surface area contributed by atoms with Crippen molar-refractivity contribution in [2.45, 2.75) is 32.6 Å². The normalized spacial score (nSPS) is 27.9. The summed E-state index contributed by atoms with van der Waals surface area (Å²) >= 11 is 0. The van der Waals surface area contributed by atoms with Crippen LogP contribution in [0.4, 0.5) is 0 Å². The molecule has 2 N–H and O–H groups in total. The van der Waals surface area contributed by atoms with Gasteiger partial charge in [-0.1, -0.05) is 19.8 Å². The van der Waals surface area contributed by atoms with E-state index in [0.717, 1.165) is 19.0 Å². The van der Waals surface area contributed by atoms with Crippen LogP contribution in [0, 0.1) is 11.8 Å². The van der Waals surface area contributed by atoms with Crippen molar-refractivity contribution in [2.24, 2.45) is 11.8 Å². The van der Waals surface area contributed by atoms with E-state index in [1.807, 2.05) is 0 Å². The molecule has 2 aliphatic rings. The number of nitrogens with one attached hydrogen (secondary N) is 2. The van der Waals surface area contributed by atoms with Gasteiger partial charge in [-0.05, 0) is 24.7 Å². The molecule has 0 aromatic rings. The van der Waals surface area contributed by atoms with E-state index < -0.39 is 5.91 Å². The minimum absolute atomic E-state index is 0.370. The van der Waals surface area contributed by atoms with Gasteiger partial charge in [0.25, 0.3) is 0 Å². The van der Waals surface area contributed by atoms with Gasteiger partial charge in [0.2, 0.25) is 0 Å². The van der Waals surface area contributed by atoms with Gasteiger partial charge in [0, 0.05) is 32.7 Å². The first-order valence-corrected chi connectivity index (χ1v) is 7.44. The molecule has 1 aliphatic carbocycles.